The van der Waals surface area contributed by atoms with Gasteiger partial charge >= 0.3 is 0 Å². The van der Waals surface area contributed by atoms with Crippen LogP contribution in [0.15, 0.2) is 6.07 Å². The molecule has 2 N–H and O–H groups in total. The minimum Gasteiger partial charge on any atom is -0.494 e. The number of aryl methyl sites for hydroxylation is 1. The molecule has 0 radical (unpaired) electrons. The Labute approximate surface area is 164 Å². The number of alkyl halides is 3. The van der Waals surface area contributed by atoms with Crippen molar-refractivity contribution in [3.63, 3.8) is 0 Å². The van der Waals surface area contributed by atoms with Crippen molar-refractivity contribution in [1.29, 1.82) is 0 Å². The van der Waals surface area contributed by atoms with Gasteiger partial charge in [0.25, 0.3) is 3.92 Å². The lowest BCUT2D eigenvalue weighted by Crippen LogP contribution is -2.11. The lowest BCUT2D eigenvalue weighted by Gasteiger charge is -2.15. The summed E-state index contributed by atoms with van der Waals surface area (Å²) in [7, 11) is 0. The molecule has 0 fully saturated rings. The maximum atomic E-state index is 10.0. The molecular weight excluding hydrogens is 389 g/mol. The van der Waals surface area contributed by atoms with E-state index in [1.54, 1.807) is 0 Å². The van der Waals surface area contributed by atoms with Crippen molar-refractivity contribution in [3.05, 3.63) is 11.6 Å². The summed E-state index contributed by atoms with van der Waals surface area (Å²) in [6, 6.07) is 1.46. The predicted molar refractivity (Wildman–Crippen MR) is 107 cm³/mol. The molecule has 0 aliphatic heterocycles. The molecule has 1 heterocycles. The van der Waals surface area contributed by atoms with E-state index >= 15 is 0 Å². The first-order valence-corrected chi connectivity index (χ1v) is 10.1. The average Bonchev–Trinajstić information content (AvgIpc) is 2.78. The van der Waals surface area contributed by atoms with Gasteiger partial charge in [0, 0.05) is 11.6 Å². The highest BCUT2D eigenvalue weighted by Crippen LogP contribution is 2.42. The van der Waals surface area contributed by atoms with E-state index < -0.39 is 3.92 Å². The Morgan fingerprint density at radius 3 is 1.88 bits per heavy atom. The zero-order chi connectivity index (χ0) is 18.0. The fourth-order valence-corrected chi connectivity index (χ4v) is 3.42. The van der Waals surface area contributed by atoms with Crippen LogP contribution in [0.1, 0.15) is 69.8 Å². The largest absolute Gasteiger partial charge is 0.494 e. The number of aromatic hydroxyl groups is 2. The van der Waals surface area contributed by atoms with Crippen molar-refractivity contribution < 1.29 is 10.2 Å². The Morgan fingerprint density at radius 1 is 0.917 bits per heavy atom. The molecule has 0 bridgehead atoms. The van der Waals surface area contributed by atoms with Gasteiger partial charge in [0.2, 0.25) is 5.88 Å². The predicted octanol–water partition coefficient (Wildman–Crippen LogP) is 6.63. The summed E-state index contributed by atoms with van der Waals surface area (Å²) in [5.41, 5.74) is 0.609. The molecule has 0 atom stereocenters. The highest BCUT2D eigenvalue weighted by molar-refractivity contribution is 7.78. The number of thiocarbonyl (C=S) groups is 1. The molecule has 0 aliphatic carbocycles. The van der Waals surface area contributed by atoms with E-state index in [9.17, 15) is 10.2 Å². The number of rotatable bonds is 12. The van der Waals surface area contributed by atoms with Crippen molar-refractivity contribution >= 4 is 52.4 Å². The number of hydrogen-bond acceptors (Lipinski definition) is 3. The topological polar surface area (TPSA) is 45.4 Å². The Hall–Kier alpha value is -0.160. The molecule has 3 nitrogen and oxygen atoms in total. The van der Waals surface area contributed by atoms with E-state index in [-0.39, 0.29) is 11.8 Å². The van der Waals surface area contributed by atoms with E-state index in [4.69, 9.17) is 47.0 Å². The first-order valence-electron chi connectivity index (χ1n) is 8.51. The first kappa shape index (κ1) is 21.9. The minimum absolute atomic E-state index is 0.177. The van der Waals surface area contributed by atoms with Gasteiger partial charge in [0.05, 0.1) is 0 Å². The van der Waals surface area contributed by atoms with Gasteiger partial charge in [-0.25, -0.2) is 4.57 Å². The Balaban J connectivity index is 2.15. The Kier molecular flexibility index (Phi) is 10.4. The van der Waals surface area contributed by atoms with Gasteiger partial charge in [-0.2, -0.15) is 0 Å². The van der Waals surface area contributed by atoms with Gasteiger partial charge in [0.1, 0.15) is 0 Å². The third kappa shape index (κ3) is 7.81. The summed E-state index contributed by atoms with van der Waals surface area (Å²) >= 11 is 22.0. The van der Waals surface area contributed by atoms with E-state index in [1.807, 2.05) is 5.37 Å². The van der Waals surface area contributed by atoms with Gasteiger partial charge < -0.3 is 10.2 Å². The fraction of sp³-hybridized carbons (Fsp3) is 0.706. The smallest absolute Gasteiger partial charge is 0.277 e. The van der Waals surface area contributed by atoms with Crippen LogP contribution in [0.2, 0.25) is 0 Å². The molecule has 0 saturated heterocycles. The quantitative estimate of drug-likeness (QED) is 0.229. The second kappa shape index (κ2) is 11.5. The molecule has 1 aromatic heterocycles. The fourth-order valence-electron chi connectivity index (χ4n) is 2.75. The van der Waals surface area contributed by atoms with Gasteiger partial charge in [-0.05, 0) is 31.1 Å². The number of hydrogen-bond donors (Lipinski definition) is 2. The summed E-state index contributed by atoms with van der Waals surface area (Å²) in [6.07, 6.45) is 12.5. The minimum atomic E-state index is -1.89. The lowest BCUT2D eigenvalue weighted by atomic mass is 10.0. The molecule has 7 heteroatoms. The highest BCUT2D eigenvalue weighted by atomic mass is 35.6. The van der Waals surface area contributed by atoms with Crippen LogP contribution in [0.4, 0.5) is 0 Å². The lowest BCUT2D eigenvalue weighted by molar-refractivity contribution is 0.372. The molecular formula is C17H26Cl3NO2S. The van der Waals surface area contributed by atoms with Crippen molar-refractivity contribution in [2.24, 2.45) is 0 Å². The van der Waals surface area contributed by atoms with Crippen LogP contribution in [0.5, 0.6) is 11.8 Å². The molecule has 0 unspecified atom stereocenters. The molecule has 1 aromatic rings. The summed E-state index contributed by atoms with van der Waals surface area (Å²) in [4.78, 5) is 0. The molecule has 0 amide bonds. The molecule has 0 spiro atoms. The van der Waals surface area contributed by atoms with E-state index in [1.165, 1.54) is 51.0 Å². The van der Waals surface area contributed by atoms with Crippen LogP contribution in [0, 0.1) is 0 Å². The average molecular weight is 415 g/mol. The summed E-state index contributed by atoms with van der Waals surface area (Å²) in [5, 5.41) is 21.6. The molecule has 138 valence electrons. The van der Waals surface area contributed by atoms with Crippen LogP contribution < -0.4 is 0 Å². The molecule has 0 saturated carbocycles. The van der Waals surface area contributed by atoms with Gasteiger partial charge in [-0.3, -0.25) is 0 Å². The number of halogens is 3. The van der Waals surface area contributed by atoms with Crippen molar-refractivity contribution in [3.8, 4) is 11.8 Å². The van der Waals surface area contributed by atoms with Crippen LogP contribution >= 0.6 is 47.0 Å². The first-order chi connectivity index (χ1) is 11.4. The van der Waals surface area contributed by atoms with Crippen LogP contribution in [-0.2, 0) is 10.3 Å². The van der Waals surface area contributed by atoms with E-state index in [0.717, 1.165) is 23.8 Å². The second-order valence-electron chi connectivity index (χ2n) is 6.04. The number of unbranched alkanes of at least 4 members (excludes halogenated alkanes) is 9. The van der Waals surface area contributed by atoms with Crippen molar-refractivity contribution in [2.45, 2.75) is 74.5 Å². The third-order valence-corrected chi connectivity index (χ3v) is 4.80. The summed E-state index contributed by atoms with van der Waals surface area (Å²) in [5.74, 6) is -0.417. The third-order valence-electron chi connectivity index (χ3n) is 4.05. The van der Waals surface area contributed by atoms with E-state index in [0.29, 0.717) is 12.0 Å². The monoisotopic (exact) mass is 413 g/mol. The van der Waals surface area contributed by atoms with Gasteiger partial charge in [-0.15, -0.1) is 0 Å². The normalized spacial score (nSPS) is 11.8. The van der Waals surface area contributed by atoms with Crippen LogP contribution in [-0.4, -0.2) is 20.1 Å². The molecule has 0 aromatic carbocycles. The van der Waals surface area contributed by atoms with Crippen LogP contribution in [0.3, 0.4) is 0 Å². The summed E-state index contributed by atoms with van der Waals surface area (Å²) < 4.78 is -0.994. The van der Waals surface area contributed by atoms with Gasteiger partial charge in [-0.1, -0.05) is 92.0 Å². The van der Waals surface area contributed by atoms with Gasteiger partial charge in [0.15, 0.2) is 5.88 Å². The van der Waals surface area contributed by atoms with Crippen molar-refractivity contribution in [1.82, 2.24) is 4.57 Å². The Bertz CT molecular complexity index is 501. The summed E-state index contributed by atoms with van der Waals surface area (Å²) in [6.45, 7) is 0. The van der Waals surface area contributed by atoms with Crippen molar-refractivity contribution in [2.75, 3.05) is 0 Å². The number of nitrogens with zero attached hydrogens (tertiary/aromatic N) is 1. The molecule has 24 heavy (non-hydrogen) atoms. The Morgan fingerprint density at radius 2 is 1.42 bits per heavy atom. The zero-order valence-corrected chi connectivity index (χ0v) is 16.9. The van der Waals surface area contributed by atoms with Crippen LogP contribution in [0.25, 0.3) is 0 Å². The maximum Gasteiger partial charge on any atom is 0.277 e. The van der Waals surface area contributed by atoms with E-state index in [2.05, 4.69) is 0 Å². The zero-order valence-electron chi connectivity index (χ0n) is 13.8. The number of aromatic nitrogens is 1. The SMILES string of the molecule is Oc1cc(CCCCCCCCCCCC=S)c(O)n1C(Cl)(Cl)Cl. The molecule has 1 rings (SSSR count). The standard InChI is InChI=1S/C17H26Cl3NO2S/c18-17(19,20)21-15(22)13-14(16(21)23)11-9-7-5-3-1-2-4-6-8-10-12-24/h12-13,22-23H,1-11H2. The second-order valence-corrected chi connectivity index (χ2v) is 8.60. The highest BCUT2D eigenvalue weighted by Gasteiger charge is 2.30. The molecule has 0 aliphatic rings. The maximum absolute atomic E-state index is 10.0.